The van der Waals surface area contributed by atoms with Gasteiger partial charge >= 0.3 is 0 Å². The molecule has 2 aliphatic heterocycles. The van der Waals surface area contributed by atoms with Gasteiger partial charge in [0.05, 0.1) is 45.8 Å². The zero-order valence-electron chi connectivity index (χ0n) is 23.3. The largest absolute Gasteiger partial charge is 0.392 e. The van der Waals surface area contributed by atoms with Crippen LogP contribution in [-0.2, 0) is 16.1 Å². The summed E-state index contributed by atoms with van der Waals surface area (Å²) >= 11 is 3.34. The Morgan fingerprint density at radius 1 is 0.860 bits per heavy atom. The second-order valence-corrected chi connectivity index (χ2v) is 13.0. The number of hydrogen-bond acceptors (Lipinski definition) is 8. The number of aliphatic hydroxyl groups excluding tert-OH is 1. The summed E-state index contributed by atoms with van der Waals surface area (Å²) in [6, 6.07) is 30.0. The number of carbonyl (C=O) groups excluding carboxylic acids is 2. The molecule has 4 atom stereocenters. The number of aromatic nitrogens is 1. The van der Waals surface area contributed by atoms with Crippen LogP contribution in [0.3, 0.4) is 0 Å². The van der Waals surface area contributed by atoms with Crippen LogP contribution in [0.25, 0.3) is 10.2 Å². The van der Waals surface area contributed by atoms with E-state index in [0.717, 1.165) is 25.7 Å². The summed E-state index contributed by atoms with van der Waals surface area (Å²) in [7, 11) is 0. The number of carbonyl (C=O) groups is 2. The first-order valence-electron chi connectivity index (χ1n) is 14.1. The molecule has 1 aromatic heterocycles. The molecule has 2 amide bonds. The monoisotopic (exact) mass is 608 g/mol. The lowest BCUT2D eigenvalue weighted by Gasteiger charge is -2.41. The third-order valence-electron chi connectivity index (χ3n) is 7.96. The molecule has 1 saturated heterocycles. The lowest BCUT2D eigenvalue weighted by atomic mass is 9.91. The van der Waals surface area contributed by atoms with Crippen molar-refractivity contribution in [2.75, 3.05) is 10.7 Å². The van der Waals surface area contributed by atoms with Gasteiger partial charge in [0.2, 0.25) is 0 Å². The molecule has 5 aromatic rings. The molecule has 1 fully saturated rings. The summed E-state index contributed by atoms with van der Waals surface area (Å²) in [5, 5.41) is 9.55. The van der Waals surface area contributed by atoms with Crippen LogP contribution in [-0.4, -0.2) is 33.8 Å². The number of ether oxygens (including phenoxy) is 2. The predicted octanol–water partition coefficient (Wildman–Crippen LogP) is 7.17. The topological polar surface area (TPSA) is 89.0 Å². The van der Waals surface area contributed by atoms with Gasteiger partial charge in [-0.05, 0) is 47.5 Å². The number of thiazole rings is 1. The molecule has 0 radical (unpaired) electrons. The van der Waals surface area contributed by atoms with E-state index in [-0.39, 0.29) is 36.5 Å². The van der Waals surface area contributed by atoms with Crippen LogP contribution in [0.5, 0.6) is 0 Å². The average Bonchev–Trinajstić information content (AvgIpc) is 3.58. The third-order valence-corrected chi connectivity index (χ3v) is 10.2. The molecule has 216 valence electrons. The second-order valence-electron chi connectivity index (χ2n) is 10.7. The molecule has 2 aliphatic rings. The van der Waals surface area contributed by atoms with Crippen LogP contribution in [0.2, 0.25) is 0 Å². The maximum Gasteiger partial charge on any atom is 0.266 e. The number of fused-ring (bicyclic) bond motifs is 2. The molecule has 0 spiro atoms. The van der Waals surface area contributed by atoms with Gasteiger partial charge in [0.25, 0.3) is 11.8 Å². The fourth-order valence-corrected chi connectivity index (χ4v) is 7.87. The van der Waals surface area contributed by atoms with Crippen molar-refractivity contribution in [3.8, 4) is 0 Å². The molecule has 3 heterocycles. The van der Waals surface area contributed by atoms with E-state index in [2.05, 4.69) is 13.0 Å². The molecule has 0 aliphatic carbocycles. The van der Waals surface area contributed by atoms with E-state index in [0.29, 0.717) is 28.1 Å². The Labute approximate surface area is 257 Å². The van der Waals surface area contributed by atoms with Gasteiger partial charge in [-0.2, -0.15) is 0 Å². The first-order valence-corrected chi connectivity index (χ1v) is 15.9. The molecule has 4 unspecified atom stereocenters. The summed E-state index contributed by atoms with van der Waals surface area (Å²) in [4.78, 5) is 32.4. The van der Waals surface area contributed by atoms with Crippen molar-refractivity contribution in [2.24, 2.45) is 5.92 Å². The molecule has 0 saturated carbocycles. The van der Waals surface area contributed by atoms with Gasteiger partial charge in [-0.1, -0.05) is 79.3 Å². The molecule has 4 aromatic carbocycles. The van der Waals surface area contributed by atoms with E-state index in [4.69, 9.17) is 14.5 Å². The highest BCUT2D eigenvalue weighted by Crippen LogP contribution is 2.44. The van der Waals surface area contributed by atoms with Gasteiger partial charge in [0.1, 0.15) is 0 Å². The van der Waals surface area contributed by atoms with Crippen molar-refractivity contribution in [2.45, 2.75) is 36.4 Å². The summed E-state index contributed by atoms with van der Waals surface area (Å²) in [5.41, 5.74) is 4.79. The van der Waals surface area contributed by atoms with Crippen LogP contribution in [0.4, 0.5) is 5.69 Å². The Balaban J connectivity index is 1.18. The Hall–Kier alpha value is -3.86. The number of imide groups is 1. The highest BCUT2D eigenvalue weighted by Gasteiger charge is 2.40. The molecule has 9 heteroatoms. The molecule has 7 nitrogen and oxygen atoms in total. The first kappa shape index (κ1) is 27.9. The zero-order chi connectivity index (χ0) is 29.5. The molecular formula is C34H28N2O5S2. The SMILES string of the molecule is CC1C(CSc2nc3ccccc3s2)OC(c2cccc(N3C(=O)c4ccccc4C3=O)c2)OC1c1ccc(CO)cc1. The lowest BCUT2D eigenvalue weighted by Crippen LogP contribution is -2.38. The van der Waals surface area contributed by atoms with E-state index in [1.165, 1.54) is 4.90 Å². The Morgan fingerprint density at radius 3 is 2.30 bits per heavy atom. The van der Waals surface area contributed by atoms with Crippen molar-refractivity contribution in [1.82, 2.24) is 4.98 Å². The Kier molecular flexibility index (Phi) is 7.58. The molecule has 7 rings (SSSR count). The van der Waals surface area contributed by atoms with Gasteiger partial charge in [-0.3, -0.25) is 9.59 Å². The van der Waals surface area contributed by atoms with E-state index in [9.17, 15) is 14.7 Å². The van der Waals surface area contributed by atoms with Crippen LogP contribution in [0.1, 0.15) is 56.7 Å². The van der Waals surface area contributed by atoms with Crippen LogP contribution in [0, 0.1) is 5.92 Å². The number of para-hydroxylation sites is 1. The minimum Gasteiger partial charge on any atom is -0.392 e. The summed E-state index contributed by atoms with van der Waals surface area (Å²) in [5.74, 6) is -0.00498. The Morgan fingerprint density at radius 2 is 1.58 bits per heavy atom. The van der Waals surface area contributed by atoms with Crippen LogP contribution < -0.4 is 4.90 Å². The number of anilines is 1. The van der Waals surface area contributed by atoms with Crippen molar-refractivity contribution in [3.63, 3.8) is 0 Å². The molecule has 1 N–H and O–H groups in total. The number of benzene rings is 4. The number of nitrogens with zero attached hydrogens (tertiary/aromatic N) is 2. The number of thioether (sulfide) groups is 1. The van der Waals surface area contributed by atoms with Gasteiger partial charge in [-0.15, -0.1) is 11.3 Å². The molecule has 0 bridgehead atoms. The van der Waals surface area contributed by atoms with Crippen LogP contribution >= 0.6 is 23.1 Å². The summed E-state index contributed by atoms with van der Waals surface area (Å²) in [6.07, 6.45) is -1.19. The smallest absolute Gasteiger partial charge is 0.266 e. The second kappa shape index (κ2) is 11.7. The van der Waals surface area contributed by atoms with Crippen LogP contribution in [0.15, 0.2) is 101 Å². The maximum atomic E-state index is 13.2. The standard InChI is InChI=1S/C34H28N2O5S2/c1-20-28(19-42-34-35-27-11-4-5-12-29(27)43-34)40-33(41-30(20)22-15-13-21(18-37)14-16-22)23-7-6-8-24(17-23)36-31(38)25-9-2-3-10-26(25)32(36)39/h2-17,20,28,30,33,37H,18-19H2,1H3. The molecule has 43 heavy (non-hydrogen) atoms. The fraction of sp³-hybridized carbons (Fsp3) is 0.206. The highest BCUT2D eigenvalue weighted by molar-refractivity contribution is 8.01. The number of hydrogen-bond donors (Lipinski definition) is 1. The van der Waals surface area contributed by atoms with Gasteiger partial charge in [0.15, 0.2) is 10.6 Å². The third kappa shape index (κ3) is 5.28. The van der Waals surface area contributed by atoms with E-state index >= 15 is 0 Å². The fourth-order valence-electron chi connectivity index (χ4n) is 5.61. The van der Waals surface area contributed by atoms with E-state index < -0.39 is 6.29 Å². The maximum absolute atomic E-state index is 13.2. The first-order chi connectivity index (χ1) is 21.0. The van der Waals surface area contributed by atoms with Crippen molar-refractivity contribution in [3.05, 3.63) is 125 Å². The lowest BCUT2D eigenvalue weighted by molar-refractivity contribution is -0.268. The van der Waals surface area contributed by atoms with E-state index in [1.807, 2.05) is 54.6 Å². The normalized spacial score (nSPS) is 21.9. The zero-order valence-corrected chi connectivity index (χ0v) is 24.9. The summed E-state index contributed by atoms with van der Waals surface area (Å²) in [6.45, 7) is 2.10. The minimum atomic E-state index is -0.727. The minimum absolute atomic E-state index is 0.0116. The van der Waals surface area contributed by atoms with E-state index in [1.54, 1.807) is 59.5 Å². The Bertz CT molecular complexity index is 1750. The molecular weight excluding hydrogens is 581 g/mol. The van der Waals surface area contributed by atoms with Crippen molar-refractivity contribution < 1.29 is 24.2 Å². The van der Waals surface area contributed by atoms with Crippen molar-refractivity contribution in [1.29, 1.82) is 0 Å². The van der Waals surface area contributed by atoms with Crippen molar-refractivity contribution >= 4 is 50.8 Å². The summed E-state index contributed by atoms with van der Waals surface area (Å²) < 4.78 is 15.4. The predicted molar refractivity (Wildman–Crippen MR) is 167 cm³/mol. The highest BCUT2D eigenvalue weighted by atomic mass is 32.2. The average molecular weight is 609 g/mol. The van der Waals surface area contributed by atoms with Gasteiger partial charge in [-0.25, -0.2) is 9.88 Å². The van der Waals surface area contributed by atoms with Gasteiger partial charge < -0.3 is 14.6 Å². The quantitative estimate of drug-likeness (QED) is 0.155. The van der Waals surface area contributed by atoms with Gasteiger partial charge in [0, 0.05) is 17.2 Å². The number of amides is 2. The number of rotatable bonds is 7. The number of aliphatic hydroxyl groups is 1.